The zero-order chi connectivity index (χ0) is 22.5. The third-order valence-electron chi connectivity index (χ3n) is 6.64. The molecule has 1 aromatic carbocycles. The molecule has 0 aliphatic carbocycles. The van der Waals surface area contributed by atoms with Crippen LogP contribution in [0, 0.1) is 5.82 Å². The molecular weight excluding hydrogens is 411 g/mol. The maximum Gasteiger partial charge on any atom is 0.356 e. The fourth-order valence-corrected chi connectivity index (χ4v) is 4.69. The number of methoxy groups -OCH3 is 1. The number of halogens is 1. The molecule has 5 rings (SSSR count). The van der Waals surface area contributed by atoms with Crippen LogP contribution < -0.4 is 4.90 Å². The Morgan fingerprint density at radius 3 is 2.44 bits per heavy atom. The number of nitrogens with zero attached hydrogens (tertiary/aromatic N) is 4. The molecule has 2 aliphatic heterocycles. The van der Waals surface area contributed by atoms with Gasteiger partial charge in [0.25, 0.3) is 0 Å². The van der Waals surface area contributed by atoms with Crippen molar-refractivity contribution in [2.24, 2.45) is 0 Å². The minimum Gasteiger partial charge on any atom is -0.464 e. The molecule has 32 heavy (non-hydrogen) atoms. The molecule has 0 N–H and O–H groups in total. The first-order valence-electron chi connectivity index (χ1n) is 11.1. The summed E-state index contributed by atoms with van der Waals surface area (Å²) in [5.74, 6) is -0.685. The number of esters is 1. The highest BCUT2D eigenvalue weighted by Gasteiger charge is 2.41. The highest BCUT2D eigenvalue weighted by atomic mass is 19.1. The average Bonchev–Trinajstić information content (AvgIpc) is 3.17. The van der Waals surface area contributed by atoms with Crippen LogP contribution in [0.2, 0.25) is 0 Å². The Balaban J connectivity index is 1.69. The smallest absolute Gasteiger partial charge is 0.356 e. The second-order valence-electron chi connectivity index (χ2n) is 8.91. The van der Waals surface area contributed by atoms with Crippen LogP contribution in [-0.4, -0.2) is 53.1 Å². The molecule has 0 bridgehead atoms. The van der Waals surface area contributed by atoms with E-state index in [0.29, 0.717) is 11.3 Å². The Morgan fingerprint density at radius 1 is 1.19 bits per heavy atom. The number of carbonyl (C=O) groups excluding carboxylic acids is 1. The summed E-state index contributed by atoms with van der Waals surface area (Å²) >= 11 is 0. The van der Waals surface area contributed by atoms with Crippen LogP contribution in [-0.2, 0) is 9.47 Å². The summed E-state index contributed by atoms with van der Waals surface area (Å²) < 4.78 is 26.1. The summed E-state index contributed by atoms with van der Waals surface area (Å²) in [5, 5.41) is 5.77. The molecule has 0 amide bonds. The van der Waals surface area contributed by atoms with Gasteiger partial charge in [-0.15, -0.1) is 0 Å². The van der Waals surface area contributed by atoms with E-state index < -0.39 is 5.97 Å². The van der Waals surface area contributed by atoms with Crippen molar-refractivity contribution < 1.29 is 18.7 Å². The molecule has 0 atom stereocenters. The van der Waals surface area contributed by atoms with Gasteiger partial charge in [-0.05, 0) is 55.5 Å². The van der Waals surface area contributed by atoms with E-state index in [4.69, 9.17) is 14.6 Å². The first-order valence-corrected chi connectivity index (χ1v) is 11.1. The molecule has 7 nitrogen and oxygen atoms in total. The second-order valence-corrected chi connectivity index (χ2v) is 8.91. The third-order valence-corrected chi connectivity index (χ3v) is 6.64. The van der Waals surface area contributed by atoms with E-state index in [-0.39, 0.29) is 23.0 Å². The van der Waals surface area contributed by atoms with Gasteiger partial charge in [0.1, 0.15) is 5.82 Å². The van der Waals surface area contributed by atoms with Crippen LogP contribution in [0.25, 0.3) is 16.7 Å². The quantitative estimate of drug-likeness (QED) is 0.568. The number of benzene rings is 1. The highest BCUT2D eigenvalue weighted by Crippen LogP contribution is 2.41. The van der Waals surface area contributed by atoms with E-state index >= 15 is 0 Å². The largest absolute Gasteiger partial charge is 0.464 e. The van der Waals surface area contributed by atoms with Gasteiger partial charge in [-0.1, -0.05) is 13.8 Å². The fraction of sp³-hybridized carbons (Fsp3) is 0.458. The summed E-state index contributed by atoms with van der Waals surface area (Å²) in [4.78, 5) is 19.4. The lowest BCUT2D eigenvalue weighted by atomic mass is 9.84. The second kappa shape index (κ2) is 7.85. The summed E-state index contributed by atoms with van der Waals surface area (Å²) in [7, 11) is 1.35. The van der Waals surface area contributed by atoms with E-state index in [1.807, 2.05) is 6.07 Å². The minimum atomic E-state index is -0.498. The monoisotopic (exact) mass is 438 g/mol. The van der Waals surface area contributed by atoms with Crippen molar-refractivity contribution >= 4 is 22.7 Å². The number of anilines is 1. The molecule has 168 valence electrons. The van der Waals surface area contributed by atoms with Gasteiger partial charge in [-0.25, -0.2) is 18.9 Å². The summed E-state index contributed by atoms with van der Waals surface area (Å²) in [6, 6.07) is 7.93. The zero-order valence-corrected chi connectivity index (χ0v) is 18.6. The summed E-state index contributed by atoms with van der Waals surface area (Å²) in [6.45, 7) is 6.68. The molecule has 2 saturated heterocycles. The van der Waals surface area contributed by atoms with Gasteiger partial charge in [-0.2, -0.15) is 5.10 Å². The zero-order valence-electron chi connectivity index (χ0n) is 18.6. The van der Waals surface area contributed by atoms with Crippen LogP contribution in [0.5, 0.6) is 0 Å². The predicted octanol–water partition coefficient (Wildman–Crippen LogP) is 4.23. The van der Waals surface area contributed by atoms with Gasteiger partial charge < -0.3 is 14.4 Å². The van der Waals surface area contributed by atoms with Gasteiger partial charge in [0.2, 0.25) is 0 Å². The number of ether oxygens (including phenoxy) is 2. The van der Waals surface area contributed by atoms with Gasteiger partial charge >= 0.3 is 5.97 Å². The Labute approximate surface area is 186 Å². The van der Waals surface area contributed by atoms with Crippen molar-refractivity contribution in [1.29, 1.82) is 0 Å². The first-order chi connectivity index (χ1) is 15.4. The number of rotatable bonds is 4. The molecule has 3 aromatic rings. The van der Waals surface area contributed by atoms with E-state index in [0.717, 1.165) is 55.7 Å². The summed E-state index contributed by atoms with van der Waals surface area (Å²) in [6.07, 6.45) is 3.01. The Hall–Kier alpha value is -3.00. The van der Waals surface area contributed by atoms with Gasteiger partial charge in [0.15, 0.2) is 11.3 Å². The number of hydrogen-bond acceptors (Lipinski definition) is 6. The van der Waals surface area contributed by atoms with E-state index in [2.05, 4.69) is 23.7 Å². The normalized spacial score (nSPS) is 17.7. The van der Waals surface area contributed by atoms with Crippen molar-refractivity contribution in [3.05, 3.63) is 47.5 Å². The molecule has 1 spiro atoms. The summed E-state index contributed by atoms with van der Waals surface area (Å²) in [5.41, 5.74) is 3.33. The number of aromatic nitrogens is 3. The average molecular weight is 439 g/mol. The molecule has 2 aromatic heterocycles. The maximum absolute atomic E-state index is 13.5. The van der Waals surface area contributed by atoms with Crippen LogP contribution >= 0.6 is 0 Å². The van der Waals surface area contributed by atoms with Crippen LogP contribution in [0.4, 0.5) is 10.1 Å². The molecule has 4 heterocycles. The number of carbonyl (C=O) groups is 1. The predicted molar refractivity (Wildman–Crippen MR) is 119 cm³/mol. The maximum atomic E-state index is 13.5. The Kier molecular flexibility index (Phi) is 5.12. The Morgan fingerprint density at radius 2 is 1.88 bits per heavy atom. The lowest BCUT2D eigenvalue weighted by Gasteiger charge is -2.48. The molecule has 2 fully saturated rings. The van der Waals surface area contributed by atoms with Crippen molar-refractivity contribution in [1.82, 2.24) is 14.8 Å². The fourth-order valence-electron chi connectivity index (χ4n) is 4.69. The number of piperidine rings is 1. The number of fused-ring (bicyclic) bond motifs is 1. The van der Waals surface area contributed by atoms with Crippen molar-refractivity contribution in [3.63, 3.8) is 0 Å². The van der Waals surface area contributed by atoms with E-state index in [1.165, 1.54) is 19.2 Å². The lowest BCUT2D eigenvalue weighted by molar-refractivity contribution is -0.158. The third kappa shape index (κ3) is 3.43. The molecule has 2 aliphatic rings. The van der Waals surface area contributed by atoms with Crippen LogP contribution in [0.15, 0.2) is 30.3 Å². The van der Waals surface area contributed by atoms with Crippen LogP contribution in [0.3, 0.4) is 0 Å². The Bertz CT molecular complexity index is 1160. The number of hydrogen-bond donors (Lipinski definition) is 0. The van der Waals surface area contributed by atoms with Gasteiger partial charge in [0.05, 0.1) is 41.8 Å². The van der Waals surface area contributed by atoms with Gasteiger partial charge in [-0.3, -0.25) is 0 Å². The molecule has 0 saturated carbocycles. The molecular formula is C24H27FN4O3. The number of pyridine rings is 1. The minimum absolute atomic E-state index is 0.0208. The van der Waals surface area contributed by atoms with Crippen molar-refractivity contribution in [3.8, 4) is 5.69 Å². The topological polar surface area (TPSA) is 69.5 Å². The first kappa shape index (κ1) is 20.9. The SMILES string of the molecule is COC(=O)c1cc(N2CCC3(CCO3)CC2)c2c(C(C)C)nn(-c3ccc(F)cc3)c2n1. The molecule has 8 heteroatoms. The standard InChI is InChI=1S/C24H27FN4O3/c1-15(2)21-20-19(28-11-8-24(9-12-28)10-13-32-24)14-18(23(30)31-3)26-22(20)29(27-21)17-6-4-16(25)5-7-17/h4-7,14-15H,8-13H2,1-3H3. The lowest BCUT2D eigenvalue weighted by Crippen LogP contribution is -2.52. The van der Waals surface area contributed by atoms with E-state index in [1.54, 1.807) is 16.8 Å². The molecule has 0 radical (unpaired) electrons. The van der Waals surface area contributed by atoms with E-state index in [9.17, 15) is 9.18 Å². The van der Waals surface area contributed by atoms with Crippen molar-refractivity contribution in [2.45, 2.75) is 44.6 Å². The molecule has 0 unspecified atom stereocenters. The van der Waals surface area contributed by atoms with Crippen molar-refractivity contribution in [2.75, 3.05) is 31.7 Å². The highest BCUT2D eigenvalue weighted by molar-refractivity contribution is 5.99. The van der Waals surface area contributed by atoms with Crippen LogP contribution in [0.1, 0.15) is 55.2 Å². The van der Waals surface area contributed by atoms with Gasteiger partial charge in [0, 0.05) is 13.1 Å².